The maximum Gasteiger partial charge on any atom is 0.343 e. The van der Waals surface area contributed by atoms with Crippen LogP contribution in [-0.2, 0) is 4.79 Å². The summed E-state index contributed by atoms with van der Waals surface area (Å²) in [6.07, 6.45) is 1.70. The molecule has 0 saturated heterocycles. The summed E-state index contributed by atoms with van der Waals surface area (Å²) >= 11 is 0. The summed E-state index contributed by atoms with van der Waals surface area (Å²) in [4.78, 5) is 23.9. The number of hydrogen-bond donors (Lipinski definition) is 1. The summed E-state index contributed by atoms with van der Waals surface area (Å²) in [5.74, 6) is 0.295. The molecule has 0 saturated carbocycles. The van der Waals surface area contributed by atoms with Gasteiger partial charge in [0.05, 0.1) is 31.4 Å². The van der Waals surface area contributed by atoms with Crippen LogP contribution in [0.5, 0.6) is 17.2 Å². The van der Waals surface area contributed by atoms with Crippen LogP contribution in [0.15, 0.2) is 66.7 Å². The number of allylic oxidation sites excluding steroid dienone is 1. The van der Waals surface area contributed by atoms with E-state index >= 15 is 0 Å². The van der Waals surface area contributed by atoms with Gasteiger partial charge in [0, 0.05) is 18.2 Å². The predicted molar refractivity (Wildman–Crippen MR) is 125 cm³/mol. The van der Waals surface area contributed by atoms with E-state index in [0.717, 1.165) is 0 Å². The fraction of sp³-hybridized carbons (Fsp3) is 0.115. The number of methoxy groups -OCH3 is 2. The summed E-state index contributed by atoms with van der Waals surface area (Å²) in [5, 5.41) is 12.3. The Balaban J connectivity index is 1.87. The molecule has 3 rings (SSSR count). The highest BCUT2D eigenvalue weighted by atomic mass is 16.6. The number of ether oxygens (including phenoxy) is 3. The second-order valence-corrected chi connectivity index (χ2v) is 6.93. The first-order chi connectivity index (χ1) is 15.9. The SMILES string of the molecule is COc1cc(/C=C(/C#N)c2ccccc2OC)ccc1OC(=O)c1cccc(NC(C)=O)c1. The molecule has 1 N–H and O–H groups in total. The largest absolute Gasteiger partial charge is 0.496 e. The van der Waals surface area contributed by atoms with Crippen molar-refractivity contribution in [2.75, 3.05) is 19.5 Å². The quantitative estimate of drug-likeness (QED) is 0.241. The summed E-state index contributed by atoms with van der Waals surface area (Å²) in [6.45, 7) is 1.39. The number of nitrogens with one attached hydrogen (secondary N) is 1. The van der Waals surface area contributed by atoms with Crippen molar-refractivity contribution in [3.8, 4) is 23.3 Å². The Morgan fingerprint density at radius 2 is 1.67 bits per heavy atom. The molecule has 0 aliphatic rings. The van der Waals surface area contributed by atoms with Crippen molar-refractivity contribution >= 4 is 29.2 Å². The maximum atomic E-state index is 12.6. The number of carbonyl (C=O) groups is 2. The highest BCUT2D eigenvalue weighted by Gasteiger charge is 2.14. The molecular weight excluding hydrogens is 420 g/mol. The number of benzene rings is 3. The first-order valence-electron chi connectivity index (χ1n) is 9.98. The Labute approximate surface area is 191 Å². The normalized spacial score (nSPS) is 10.7. The van der Waals surface area contributed by atoms with Crippen molar-refractivity contribution in [1.29, 1.82) is 5.26 Å². The first kappa shape index (κ1) is 23.1. The van der Waals surface area contributed by atoms with Crippen LogP contribution >= 0.6 is 0 Å². The zero-order valence-electron chi connectivity index (χ0n) is 18.4. The van der Waals surface area contributed by atoms with Gasteiger partial charge >= 0.3 is 5.97 Å². The third-order valence-electron chi connectivity index (χ3n) is 4.64. The Morgan fingerprint density at radius 3 is 2.36 bits per heavy atom. The van der Waals surface area contributed by atoms with Crippen molar-refractivity contribution in [3.05, 3.63) is 83.4 Å². The molecule has 33 heavy (non-hydrogen) atoms. The lowest BCUT2D eigenvalue weighted by atomic mass is 10.0. The van der Waals surface area contributed by atoms with Crippen LogP contribution in [0.2, 0.25) is 0 Å². The Morgan fingerprint density at radius 1 is 0.909 bits per heavy atom. The lowest BCUT2D eigenvalue weighted by Crippen LogP contribution is -2.11. The van der Waals surface area contributed by atoms with Gasteiger partial charge in [0.2, 0.25) is 5.91 Å². The van der Waals surface area contributed by atoms with Gasteiger partial charge in [-0.3, -0.25) is 4.79 Å². The van der Waals surface area contributed by atoms with E-state index in [9.17, 15) is 14.9 Å². The molecule has 0 aliphatic carbocycles. The molecule has 0 heterocycles. The lowest BCUT2D eigenvalue weighted by Gasteiger charge is -2.11. The molecule has 0 aliphatic heterocycles. The average molecular weight is 442 g/mol. The molecular formula is C26H22N2O5. The first-order valence-corrected chi connectivity index (χ1v) is 9.98. The maximum absolute atomic E-state index is 12.6. The molecule has 0 unspecified atom stereocenters. The van der Waals surface area contributed by atoms with E-state index < -0.39 is 5.97 Å². The molecule has 3 aromatic carbocycles. The molecule has 0 spiro atoms. The Kier molecular flexibility index (Phi) is 7.45. The molecule has 3 aromatic rings. The van der Waals surface area contributed by atoms with Gasteiger partial charge in [-0.25, -0.2) is 4.79 Å². The number of nitrogens with zero attached hydrogens (tertiary/aromatic N) is 1. The molecule has 0 bridgehead atoms. The molecule has 7 nitrogen and oxygen atoms in total. The van der Waals surface area contributed by atoms with Gasteiger partial charge in [-0.1, -0.05) is 24.3 Å². The van der Waals surface area contributed by atoms with Crippen molar-refractivity contribution < 1.29 is 23.8 Å². The van der Waals surface area contributed by atoms with E-state index in [-0.39, 0.29) is 17.2 Å². The average Bonchev–Trinajstić information content (AvgIpc) is 2.83. The van der Waals surface area contributed by atoms with E-state index in [1.54, 1.807) is 61.7 Å². The standard InChI is InChI=1S/C26H22N2O5/c1-17(29)28-21-8-6-7-19(15-21)26(30)33-24-12-11-18(14-25(24)32-3)13-20(16-27)22-9-4-5-10-23(22)31-2/h4-15H,1-3H3,(H,28,29)/b20-13-. The van der Waals surface area contributed by atoms with Crippen molar-refractivity contribution in [2.45, 2.75) is 6.92 Å². The summed E-state index contributed by atoms with van der Waals surface area (Å²) < 4.78 is 16.2. The number of nitriles is 1. The van der Waals surface area contributed by atoms with Crippen molar-refractivity contribution in [3.63, 3.8) is 0 Å². The molecule has 166 valence electrons. The molecule has 7 heteroatoms. The third kappa shape index (κ3) is 5.77. The fourth-order valence-corrected chi connectivity index (χ4v) is 3.15. The number of anilines is 1. The minimum Gasteiger partial charge on any atom is -0.496 e. The van der Waals surface area contributed by atoms with Crippen LogP contribution in [-0.4, -0.2) is 26.1 Å². The number of amides is 1. The van der Waals surface area contributed by atoms with E-state index in [4.69, 9.17) is 14.2 Å². The summed E-state index contributed by atoms with van der Waals surface area (Å²) in [6, 6.07) is 20.8. The predicted octanol–water partition coefficient (Wildman–Crippen LogP) is 4.95. The van der Waals surface area contributed by atoms with Crippen molar-refractivity contribution in [2.24, 2.45) is 0 Å². The van der Waals surface area contributed by atoms with Crippen LogP contribution in [0.25, 0.3) is 11.6 Å². The van der Waals surface area contributed by atoms with Gasteiger partial charge in [-0.2, -0.15) is 5.26 Å². The van der Waals surface area contributed by atoms with Gasteiger partial charge in [0.1, 0.15) is 5.75 Å². The summed E-state index contributed by atoms with van der Waals surface area (Å²) in [5.41, 5.74) is 2.52. The molecule has 0 aromatic heterocycles. The Hall–Kier alpha value is -4.57. The van der Waals surface area contributed by atoms with Gasteiger partial charge in [-0.05, 0) is 54.1 Å². The van der Waals surface area contributed by atoms with Gasteiger partial charge in [0.15, 0.2) is 11.5 Å². The van der Waals surface area contributed by atoms with E-state index in [1.807, 2.05) is 12.1 Å². The van der Waals surface area contributed by atoms with E-state index in [1.165, 1.54) is 20.1 Å². The number of esters is 1. The zero-order chi connectivity index (χ0) is 23.8. The fourth-order valence-electron chi connectivity index (χ4n) is 3.15. The van der Waals surface area contributed by atoms with Gasteiger partial charge in [0.25, 0.3) is 0 Å². The molecule has 0 fully saturated rings. The van der Waals surface area contributed by atoms with E-state index in [0.29, 0.717) is 33.9 Å². The highest BCUT2D eigenvalue weighted by Crippen LogP contribution is 2.32. The highest BCUT2D eigenvalue weighted by molar-refractivity contribution is 5.95. The summed E-state index contributed by atoms with van der Waals surface area (Å²) in [7, 11) is 3.01. The molecule has 0 radical (unpaired) electrons. The minimum absolute atomic E-state index is 0.223. The van der Waals surface area contributed by atoms with Crippen molar-refractivity contribution in [1.82, 2.24) is 0 Å². The van der Waals surface area contributed by atoms with Crippen LogP contribution in [0.1, 0.15) is 28.4 Å². The van der Waals surface area contributed by atoms with Crippen LogP contribution in [0.3, 0.4) is 0 Å². The van der Waals surface area contributed by atoms with Gasteiger partial charge < -0.3 is 19.5 Å². The number of hydrogen-bond acceptors (Lipinski definition) is 6. The number of para-hydroxylation sites is 1. The van der Waals surface area contributed by atoms with Gasteiger partial charge in [-0.15, -0.1) is 0 Å². The number of rotatable bonds is 7. The second kappa shape index (κ2) is 10.6. The van der Waals surface area contributed by atoms with Crippen LogP contribution in [0.4, 0.5) is 5.69 Å². The second-order valence-electron chi connectivity index (χ2n) is 6.93. The minimum atomic E-state index is -0.601. The zero-order valence-corrected chi connectivity index (χ0v) is 18.4. The third-order valence-corrected chi connectivity index (χ3v) is 4.64. The number of carbonyl (C=O) groups excluding carboxylic acids is 2. The Bertz CT molecular complexity index is 1260. The monoisotopic (exact) mass is 442 g/mol. The van der Waals surface area contributed by atoms with Crippen LogP contribution < -0.4 is 19.5 Å². The van der Waals surface area contributed by atoms with Crippen LogP contribution in [0, 0.1) is 11.3 Å². The molecule has 1 amide bonds. The lowest BCUT2D eigenvalue weighted by molar-refractivity contribution is -0.114. The topological polar surface area (TPSA) is 97.7 Å². The smallest absolute Gasteiger partial charge is 0.343 e. The van der Waals surface area contributed by atoms with E-state index in [2.05, 4.69) is 11.4 Å². The molecule has 0 atom stereocenters.